The summed E-state index contributed by atoms with van der Waals surface area (Å²) >= 11 is 6.46. The normalized spacial score (nSPS) is 14.3. The Balaban J connectivity index is 1.47. The van der Waals surface area contributed by atoms with Crippen molar-refractivity contribution >= 4 is 35.2 Å². The highest BCUT2D eigenvalue weighted by Crippen LogP contribution is 2.37. The maximum absolute atomic E-state index is 12.8. The molecule has 1 N–H and O–H groups in total. The van der Waals surface area contributed by atoms with Crippen molar-refractivity contribution in [1.82, 2.24) is 5.43 Å². The third-order valence-electron chi connectivity index (χ3n) is 5.39. The van der Waals surface area contributed by atoms with Crippen molar-refractivity contribution in [2.45, 2.75) is 13.8 Å². The van der Waals surface area contributed by atoms with Gasteiger partial charge in [-0.1, -0.05) is 47.5 Å². The Bertz CT molecular complexity index is 1290. The maximum atomic E-state index is 12.8. The van der Waals surface area contributed by atoms with Gasteiger partial charge in [0, 0.05) is 0 Å². The smallest absolute Gasteiger partial charge is 0.282 e. The van der Waals surface area contributed by atoms with Crippen LogP contribution in [-0.2, 0) is 9.59 Å². The summed E-state index contributed by atoms with van der Waals surface area (Å²) in [5.74, 6) is 0.566. The fourth-order valence-electron chi connectivity index (χ4n) is 3.70. The second-order valence-corrected chi connectivity index (χ2v) is 8.38. The Kier molecular flexibility index (Phi) is 7.27. The van der Waals surface area contributed by atoms with E-state index in [1.807, 2.05) is 32.0 Å². The van der Waals surface area contributed by atoms with Crippen LogP contribution in [0, 0.1) is 13.8 Å². The first kappa shape index (κ1) is 24.2. The molecule has 1 aliphatic heterocycles. The molecule has 1 aliphatic rings. The third-order valence-corrected chi connectivity index (χ3v) is 5.67. The first-order valence-corrected chi connectivity index (χ1v) is 11.4. The number of hydrogen-bond acceptors (Lipinski definition) is 5. The zero-order valence-corrected chi connectivity index (χ0v) is 20.4. The largest absolute Gasteiger partial charge is 0.493 e. The van der Waals surface area contributed by atoms with Crippen LogP contribution < -0.4 is 24.6 Å². The molecule has 4 rings (SSSR count). The monoisotopic (exact) mass is 492 g/mol. The van der Waals surface area contributed by atoms with Crippen LogP contribution in [-0.4, -0.2) is 32.1 Å². The first-order valence-electron chi connectivity index (χ1n) is 11.0. The number of nitrogens with one attached hydrogen (secondary N) is 1. The number of nitrogens with zero attached hydrogens (tertiary/aromatic N) is 1. The summed E-state index contributed by atoms with van der Waals surface area (Å²) in [4.78, 5) is 25.3. The van der Waals surface area contributed by atoms with Gasteiger partial charge in [0.15, 0.2) is 11.5 Å². The fraction of sp³-hybridized carbons (Fsp3) is 0.185. The minimum absolute atomic E-state index is 0.0116. The van der Waals surface area contributed by atoms with Gasteiger partial charge in [-0.05, 0) is 61.4 Å². The van der Waals surface area contributed by atoms with Gasteiger partial charge >= 0.3 is 0 Å². The summed E-state index contributed by atoms with van der Waals surface area (Å²) < 4.78 is 17.1. The predicted octanol–water partition coefficient (Wildman–Crippen LogP) is 4.88. The SMILES string of the molecule is COc1cc(C=C2C(=O)NN(c3ccccc3)C2=O)cc(Cl)c1OCCOc1ccc(C)cc1C. The number of hydrazine groups is 1. The number of amides is 2. The summed E-state index contributed by atoms with van der Waals surface area (Å²) in [5, 5.41) is 1.49. The molecule has 0 radical (unpaired) electrons. The molecule has 0 unspecified atom stereocenters. The van der Waals surface area contributed by atoms with Crippen LogP contribution in [0.3, 0.4) is 0 Å². The van der Waals surface area contributed by atoms with Gasteiger partial charge in [-0.2, -0.15) is 0 Å². The van der Waals surface area contributed by atoms with E-state index < -0.39 is 11.8 Å². The molecule has 3 aromatic rings. The van der Waals surface area contributed by atoms with E-state index in [0.717, 1.165) is 11.3 Å². The number of methoxy groups -OCH3 is 1. The Labute approximate surface area is 208 Å². The first-order chi connectivity index (χ1) is 16.9. The number of anilines is 1. The average Bonchev–Trinajstić information content (AvgIpc) is 3.12. The molecule has 1 heterocycles. The van der Waals surface area contributed by atoms with E-state index in [-0.39, 0.29) is 17.2 Å². The Morgan fingerprint density at radius 1 is 0.943 bits per heavy atom. The van der Waals surface area contributed by atoms with Crippen LogP contribution in [0.2, 0.25) is 5.02 Å². The van der Waals surface area contributed by atoms with Crippen LogP contribution in [0.5, 0.6) is 17.2 Å². The standard InChI is InChI=1S/C27H25ClN2O5/c1-17-9-10-23(18(2)13-17)34-11-12-35-25-22(28)15-19(16-24(25)33-3)14-21-26(31)29-30(27(21)32)20-7-5-4-6-8-20/h4-10,13-16H,11-12H2,1-3H3,(H,29,31). The second-order valence-electron chi connectivity index (χ2n) is 7.98. The van der Waals surface area contributed by atoms with Gasteiger partial charge in [-0.25, -0.2) is 5.01 Å². The van der Waals surface area contributed by atoms with E-state index in [1.165, 1.54) is 23.8 Å². The molecule has 0 spiro atoms. The van der Waals surface area contributed by atoms with Crippen LogP contribution >= 0.6 is 11.6 Å². The lowest BCUT2D eigenvalue weighted by Crippen LogP contribution is -2.35. The molecular formula is C27H25ClN2O5. The van der Waals surface area contributed by atoms with Crippen molar-refractivity contribution in [2.24, 2.45) is 0 Å². The van der Waals surface area contributed by atoms with E-state index in [0.29, 0.717) is 29.4 Å². The minimum atomic E-state index is -0.502. The molecule has 8 heteroatoms. The van der Waals surface area contributed by atoms with Crippen LogP contribution in [0.25, 0.3) is 6.08 Å². The Hall–Kier alpha value is -3.97. The van der Waals surface area contributed by atoms with E-state index in [1.54, 1.807) is 36.4 Å². The lowest BCUT2D eigenvalue weighted by Gasteiger charge is -2.15. The molecule has 0 saturated carbocycles. The predicted molar refractivity (Wildman–Crippen MR) is 135 cm³/mol. The molecule has 1 saturated heterocycles. The molecule has 2 amide bonds. The lowest BCUT2D eigenvalue weighted by atomic mass is 10.1. The van der Waals surface area contributed by atoms with Crippen molar-refractivity contribution in [3.63, 3.8) is 0 Å². The molecule has 0 atom stereocenters. The van der Waals surface area contributed by atoms with Gasteiger partial charge in [-0.3, -0.25) is 15.0 Å². The Morgan fingerprint density at radius 2 is 1.69 bits per heavy atom. The molecular weight excluding hydrogens is 468 g/mol. The number of carbonyl (C=O) groups is 2. The van der Waals surface area contributed by atoms with Crippen molar-refractivity contribution < 1.29 is 23.8 Å². The van der Waals surface area contributed by atoms with Gasteiger partial charge in [0.05, 0.1) is 17.8 Å². The van der Waals surface area contributed by atoms with Crippen molar-refractivity contribution in [2.75, 3.05) is 25.3 Å². The van der Waals surface area contributed by atoms with Crippen molar-refractivity contribution in [3.05, 3.63) is 87.9 Å². The summed E-state index contributed by atoms with van der Waals surface area (Å²) in [7, 11) is 1.49. The van der Waals surface area contributed by atoms with Crippen molar-refractivity contribution in [1.29, 1.82) is 0 Å². The molecule has 0 aromatic heterocycles. The van der Waals surface area contributed by atoms with Crippen LogP contribution in [0.1, 0.15) is 16.7 Å². The number of rotatable bonds is 8. The fourth-order valence-corrected chi connectivity index (χ4v) is 3.98. The van der Waals surface area contributed by atoms with Gasteiger partial charge in [0.1, 0.15) is 24.5 Å². The quantitative estimate of drug-likeness (QED) is 0.275. The lowest BCUT2D eigenvalue weighted by molar-refractivity contribution is -0.117. The highest BCUT2D eigenvalue weighted by atomic mass is 35.5. The molecule has 3 aromatic carbocycles. The summed E-state index contributed by atoms with van der Waals surface area (Å²) in [6.45, 7) is 4.59. The molecule has 7 nitrogen and oxygen atoms in total. The number of carbonyl (C=O) groups excluding carboxylic acids is 2. The second kappa shape index (κ2) is 10.5. The average molecular weight is 493 g/mol. The van der Waals surface area contributed by atoms with Gasteiger partial charge in [0.25, 0.3) is 11.8 Å². The number of halogens is 1. The van der Waals surface area contributed by atoms with Gasteiger partial charge in [-0.15, -0.1) is 0 Å². The molecule has 0 bridgehead atoms. The van der Waals surface area contributed by atoms with Crippen LogP contribution in [0.15, 0.2) is 66.2 Å². The number of para-hydroxylation sites is 1. The maximum Gasteiger partial charge on any atom is 0.282 e. The molecule has 1 fully saturated rings. The Morgan fingerprint density at radius 3 is 2.40 bits per heavy atom. The number of aryl methyl sites for hydroxylation is 2. The summed E-state index contributed by atoms with van der Waals surface area (Å²) in [6, 6.07) is 18.1. The zero-order chi connectivity index (χ0) is 24.9. The molecule has 0 aliphatic carbocycles. The van der Waals surface area contributed by atoms with Gasteiger partial charge in [0.2, 0.25) is 0 Å². The number of benzene rings is 3. The molecule has 35 heavy (non-hydrogen) atoms. The van der Waals surface area contributed by atoms with E-state index >= 15 is 0 Å². The van der Waals surface area contributed by atoms with Gasteiger partial charge < -0.3 is 14.2 Å². The van der Waals surface area contributed by atoms with Crippen molar-refractivity contribution in [3.8, 4) is 17.2 Å². The topological polar surface area (TPSA) is 77.1 Å². The van der Waals surface area contributed by atoms with E-state index in [9.17, 15) is 9.59 Å². The highest BCUT2D eigenvalue weighted by molar-refractivity contribution is 6.33. The van der Waals surface area contributed by atoms with E-state index in [4.69, 9.17) is 25.8 Å². The highest BCUT2D eigenvalue weighted by Gasteiger charge is 2.34. The number of hydrogen-bond donors (Lipinski definition) is 1. The summed E-state index contributed by atoms with van der Waals surface area (Å²) in [5.41, 5.74) is 5.87. The third kappa shape index (κ3) is 5.41. The summed E-state index contributed by atoms with van der Waals surface area (Å²) in [6.07, 6.45) is 1.47. The minimum Gasteiger partial charge on any atom is -0.493 e. The van der Waals surface area contributed by atoms with Crippen LogP contribution in [0.4, 0.5) is 5.69 Å². The number of ether oxygens (including phenoxy) is 3. The molecule has 180 valence electrons. The van der Waals surface area contributed by atoms with E-state index in [2.05, 4.69) is 11.5 Å². The zero-order valence-electron chi connectivity index (χ0n) is 19.6.